The summed E-state index contributed by atoms with van der Waals surface area (Å²) in [5.41, 5.74) is 0. The van der Waals surface area contributed by atoms with Gasteiger partial charge in [-0.1, -0.05) is 20.8 Å². The fraction of sp³-hybridized carbons (Fsp3) is 0.867. The van der Waals surface area contributed by atoms with Gasteiger partial charge in [0, 0.05) is 19.6 Å². The summed E-state index contributed by atoms with van der Waals surface area (Å²) in [7, 11) is 0. The second kappa shape index (κ2) is 8.12. The molecule has 116 valence electrons. The van der Waals surface area contributed by atoms with Crippen molar-refractivity contribution in [3.8, 4) is 0 Å². The molecule has 20 heavy (non-hydrogen) atoms. The molecule has 5 heteroatoms. The van der Waals surface area contributed by atoms with Crippen molar-refractivity contribution in [1.82, 2.24) is 10.2 Å². The highest BCUT2D eigenvalue weighted by molar-refractivity contribution is 5.76. The predicted octanol–water partition coefficient (Wildman–Crippen LogP) is 2.56. The van der Waals surface area contributed by atoms with Crippen molar-refractivity contribution in [1.29, 1.82) is 0 Å². The summed E-state index contributed by atoms with van der Waals surface area (Å²) in [6, 6.07) is -0.117. The molecular formula is C15H28N2O3. The van der Waals surface area contributed by atoms with Crippen LogP contribution in [0.5, 0.6) is 0 Å². The summed E-state index contributed by atoms with van der Waals surface area (Å²) in [4.78, 5) is 25.1. The number of nitrogens with one attached hydrogen (secondary N) is 1. The Labute approximate surface area is 121 Å². The highest BCUT2D eigenvalue weighted by Crippen LogP contribution is 2.16. The van der Waals surface area contributed by atoms with E-state index in [1.54, 1.807) is 0 Å². The third-order valence-corrected chi connectivity index (χ3v) is 3.91. The molecule has 1 fully saturated rings. The SMILES string of the molecule is CC(C)CC(CNC(=O)N1CCCC(C)CC1)C(=O)O. The first-order valence-electron chi connectivity index (χ1n) is 7.65. The van der Waals surface area contributed by atoms with Gasteiger partial charge >= 0.3 is 12.0 Å². The monoisotopic (exact) mass is 284 g/mol. The van der Waals surface area contributed by atoms with Crippen LogP contribution in [0.2, 0.25) is 0 Å². The van der Waals surface area contributed by atoms with Gasteiger partial charge in [0.25, 0.3) is 0 Å². The summed E-state index contributed by atoms with van der Waals surface area (Å²) in [5.74, 6) is -0.346. The quantitative estimate of drug-likeness (QED) is 0.815. The molecule has 2 atom stereocenters. The predicted molar refractivity (Wildman–Crippen MR) is 78.6 cm³/mol. The third-order valence-electron chi connectivity index (χ3n) is 3.91. The van der Waals surface area contributed by atoms with Crippen LogP contribution in [0.1, 0.15) is 46.5 Å². The van der Waals surface area contributed by atoms with Crippen molar-refractivity contribution in [3.05, 3.63) is 0 Å². The van der Waals surface area contributed by atoms with Crippen LogP contribution in [-0.2, 0) is 4.79 Å². The molecule has 1 saturated heterocycles. The highest BCUT2D eigenvalue weighted by Gasteiger charge is 2.22. The minimum Gasteiger partial charge on any atom is -0.481 e. The number of likely N-dealkylation sites (tertiary alicyclic amines) is 1. The van der Waals surface area contributed by atoms with Crippen LogP contribution in [0.25, 0.3) is 0 Å². The molecule has 1 rings (SSSR count). The molecule has 0 spiro atoms. The maximum absolute atomic E-state index is 12.1. The van der Waals surface area contributed by atoms with Gasteiger partial charge in [-0.15, -0.1) is 0 Å². The molecule has 1 heterocycles. The Morgan fingerprint density at radius 3 is 2.60 bits per heavy atom. The van der Waals surface area contributed by atoms with Gasteiger partial charge in [0.05, 0.1) is 5.92 Å². The molecular weight excluding hydrogens is 256 g/mol. The Morgan fingerprint density at radius 1 is 1.30 bits per heavy atom. The molecule has 1 aliphatic rings. The van der Waals surface area contributed by atoms with Crippen LogP contribution in [0.3, 0.4) is 0 Å². The van der Waals surface area contributed by atoms with Crippen LogP contribution >= 0.6 is 0 Å². The second-order valence-corrected chi connectivity index (χ2v) is 6.37. The van der Waals surface area contributed by atoms with Gasteiger partial charge in [-0.25, -0.2) is 4.79 Å². The number of carboxylic acid groups (broad SMARTS) is 1. The minimum absolute atomic E-state index is 0.117. The van der Waals surface area contributed by atoms with Crippen molar-refractivity contribution in [2.75, 3.05) is 19.6 Å². The van der Waals surface area contributed by atoms with Crippen molar-refractivity contribution in [2.45, 2.75) is 46.5 Å². The number of rotatable bonds is 5. The Morgan fingerprint density at radius 2 is 2.00 bits per heavy atom. The number of carbonyl (C=O) groups is 2. The van der Waals surface area contributed by atoms with E-state index in [-0.39, 0.29) is 12.6 Å². The number of urea groups is 1. The largest absolute Gasteiger partial charge is 0.481 e. The van der Waals surface area contributed by atoms with Gasteiger partial charge in [-0.05, 0) is 37.5 Å². The van der Waals surface area contributed by atoms with Crippen LogP contribution in [-0.4, -0.2) is 41.6 Å². The zero-order chi connectivity index (χ0) is 15.1. The Bertz CT molecular complexity index is 331. The molecule has 2 amide bonds. The lowest BCUT2D eigenvalue weighted by Gasteiger charge is -2.22. The van der Waals surface area contributed by atoms with E-state index in [4.69, 9.17) is 5.11 Å². The second-order valence-electron chi connectivity index (χ2n) is 6.37. The first-order chi connectivity index (χ1) is 9.40. The molecule has 0 radical (unpaired) electrons. The van der Waals surface area contributed by atoms with E-state index < -0.39 is 11.9 Å². The number of hydrogen-bond donors (Lipinski definition) is 2. The number of nitrogens with zero attached hydrogens (tertiary/aromatic N) is 1. The number of carboxylic acids is 1. The van der Waals surface area contributed by atoms with Gasteiger partial charge in [-0.3, -0.25) is 4.79 Å². The average molecular weight is 284 g/mol. The molecule has 0 saturated carbocycles. The van der Waals surface area contributed by atoms with E-state index in [0.29, 0.717) is 18.3 Å². The zero-order valence-corrected chi connectivity index (χ0v) is 12.9. The van der Waals surface area contributed by atoms with Gasteiger partial charge in [0.1, 0.15) is 0 Å². The topological polar surface area (TPSA) is 69.6 Å². The lowest BCUT2D eigenvalue weighted by molar-refractivity contribution is -0.142. The van der Waals surface area contributed by atoms with E-state index in [2.05, 4.69) is 12.2 Å². The maximum Gasteiger partial charge on any atom is 0.317 e. The van der Waals surface area contributed by atoms with Crippen molar-refractivity contribution >= 4 is 12.0 Å². The van der Waals surface area contributed by atoms with Crippen molar-refractivity contribution in [2.24, 2.45) is 17.8 Å². The van der Waals surface area contributed by atoms with Gasteiger partial charge in [-0.2, -0.15) is 0 Å². The molecule has 0 aromatic heterocycles. The normalized spacial score (nSPS) is 21.4. The Kier molecular flexibility index (Phi) is 6.82. The molecule has 0 aromatic carbocycles. The van der Waals surface area contributed by atoms with E-state index in [1.807, 2.05) is 18.7 Å². The molecule has 0 aliphatic carbocycles. The van der Waals surface area contributed by atoms with Gasteiger partial charge < -0.3 is 15.3 Å². The molecule has 1 aliphatic heterocycles. The highest BCUT2D eigenvalue weighted by atomic mass is 16.4. The third kappa shape index (κ3) is 5.80. The first-order valence-corrected chi connectivity index (χ1v) is 7.65. The summed E-state index contributed by atoms with van der Waals surface area (Å²) >= 11 is 0. The summed E-state index contributed by atoms with van der Waals surface area (Å²) in [6.07, 6.45) is 3.81. The van der Waals surface area contributed by atoms with Gasteiger partial charge in [0.15, 0.2) is 0 Å². The lowest BCUT2D eigenvalue weighted by atomic mass is 9.97. The van der Waals surface area contributed by atoms with E-state index in [1.165, 1.54) is 0 Å². The standard InChI is InChI=1S/C15H28N2O3/c1-11(2)9-13(14(18)19)10-16-15(20)17-7-4-5-12(3)6-8-17/h11-13H,4-10H2,1-3H3,(H,16,20)(H,18,19). The Balaban J connectivity index is 2.42. The Hall–Kier alpha value is -1.26. The minimum atomic E-state index is -0.830. The number of carbonyl (C=O) groups excluding carboxylic acids is 1. The number of hydrogen-bond acceptors (Lipinski definition) is 2. The summed E-state index contributed by atoms with van der Waals surface area (Å²) < 4.78 is 0. The molecule has 2 N–H and O–H groups in total. The van der Waals surface area contributed by atoms with E-state index in [9.17, 15) is 9.59 Å². The van der Waals surface area contributed by atoms with Crippen LogP contribution in [0.15, 0.2) is 0 Å². The molecule has 0 bridgehead atoms. The first kappa shape index (κ1) is 16.8. The number of aliphatic carboxylic acids is 1. The van der Waals surface area contributed by atoms with Crippen LogP contribution < -0.4 is 5.32 Å². The summed E-state index contributed by atoms with van der Waals surface area (Å²) in [5, 5.41) is 11.9. The maximum atomic E-state index is 12.1. The fourth-order valence-corrected chi connectivity index (χ4v) is 2.63. The number of amides is 2. The fourth-order valence-electron chi connectivity index (χ4n) is 2.63. The molecule has 0 aromatic rings. The van der Waals surface area contributed by atoms with E-state index in [0.717, 1.165) is 32.4 Å². The van der Waals surface area contributed by atoms with Gasteiger partial charge in [0.2, 0.25) is 0 Å². The smallest absolute Gasteiger partial charge is 0.317 e. The van der Waals surface area contributed by atoms with Crippen LogP contribution in [0.4, 0.5) is 4.79 Å². The zero-order valence-electron chi connectivity index (χ0n) is 12.9. The summed E-state index contributed by atoms with van der Waals surface area (Å²) in [6.45, 7) is 7.97. The lowest BCUT2D eigenvalue weighted by Crippen LogP contribution is -2.43. The van der Waals surface area contributed by atoms with E-state index >= 15 is 0 Å². The molecule has 5 nitrogen and oxygen atoms in total. The van der Waals surface area contributed by atoms with Crippen LogP contribution in [0, 0.1) is 17.8 Å². The average Bonchev–Trinajstić information content (AvgIpc) is 2.58. The molecule has 2 unspecified atom stereocenters. The van der Waals surface area contributed by atoms with Crippen molar-refractivity contribution < 1.29 is 14.7 Å². The van der Waals surface area contributed by atoms with Crippen molar-refractivity contribution in [3.63, 3.8) is 0 Å².